The molecule has 25 heavy (non-hydrogen) atoms. The normalized spacial score (nSPS) is 11.1. The van der Waals surface area contributed by atoms with Gasteiger partial charge < -0.3 is 9.84 Å². The number of phenols is 1. The zero-order valence-corrected chi connectivity index (χ0v) is 15.0. The van der Waals surface area contributed by atoms with Crippen molar-refractivity contribution in [3.05, 3.63) is 70.8 Å². The van der Waals surface area contributed by atoms with E-state index in [1.807, 2.05) is 19.9 Å². The number of aryl methyl sites for hydroxylation is 2. The standard InChI is InChI=1S/C22H22O3/c1-13(2)16-6-5-14(3)21-19(12-16)15(4)11-20(21)22(24)25-18-9-7-17(23)8-10-18/h5-13,23H,1-4H3. The number of aromatic hydroxyl groups is 1. The number of esters is 1. The van der Waals surface area contributed by atoms with Gasteiger partial charge in [0, 0.05) is 0 Å². The number of phenolic OH excluding ortho intramolecular Hbond substituents is 1. The van der Waals surface area contributed by atoms with Crippen molar-refractivity contribution in [3.8, 4) is 22.6 Å². The van der Waals surface area contributed by atoms with Crippen molar-refractivity contribution in [2.24, 2.45) is 0 Å². The van der Waals surface area contributed by atoms with Crippen LogP contribution in [-0.4, -0.2) is 11.1 Å². The van der Waals surface area contributed by atoms with Crippen molar-refractivity contribution in [1.82, 2.24) is 0 Å². The van der Waals surface area contributed by atoms with Crippen molar-refractivity contribution in [2.45, 2.75) is 33.6 Å². The summed E-state index contributed by atoms with van der Waals surface area (Å²) in [5.41, 5.74) is 5.95. The summed E-state index contributed by atoms with van der Waals surface area (Å²) in [6.45, 7) is 8.36. The summed E-state index contributed by atoms with van der Waals surface area (Å²) in [6.07, 6.45) is 0. The Hall–Kier alpha value is -2.81. The highest BCUT2D eigenvalue weighted by Crippen LogP contribution is 2.36. The molecule has 0 spiro atoms. The molecule has 0 atom stereocenters. The van der Waals surface area contributed by atoms with E-state index in [2.05, 4.69) is 32.0 Å². The minimum Gasteiger partial charge on any atom is -0.508 e. The first-order valence-electron chi connectivity index (χ1n) is 8.42. The van der Waals surface area contributed by atoms with E-state index in [1.54, 1.807) is 12.1 Å². The van der Waals surface area contributed by atoms with Gasteiger partial charge in [-0.05, 0) is 77.9 Å². The second-order valence-corrected chi connectivity index (χ2v) is 6.73. The smallest absolute Gasteiger partial charge is 0.344 e. The van der Waals surface area contributed by atoms with Gasteiger partial charge in [-0.15, -0.1) is 0 Å². The lowest BCUT2D eigenvalue weighted by Crippen LogP contribution is -2.08. The topological polar surface area (TPSA) is 46.5 Å². The Balaban J connectivity index is 2.03. The van der Waals surface area contributed by atoms with Crippen LogP contribution in [0.3, 0.4) is 0 Å². The molecule has 3 heteroatoms. The van der Waals surface area contributed by atoms with Crippen LogP contribution in [-0.2, 0) is 0 Å². The minimum atomic E-state index is -0.385. The Morgan fingerprint density at radius 2 is 1.64 bits per heavy atom. The van der Waals surface area contributed by atoms with Gasteiger partial charge in [-0.1, -0.05) is 32.0 Å². The Kier molecular flexibility index (Phi) is 4.49. The molecular formula is C22H22O3. The van der Waals surface area contributed by atoms with Crippen molar-refractivity contribution in [1.29, 1.82) is 0 Å². The zero-order valence-electron chi connectivity index (χ0n) is 15.0. The third-order valence-electron chi connectivity index (χ3n) is 4.49. The molecule has 0 amide bonds. The third-order valence-corrected chi connectivity index (χ3v) is 4.49. The second kappa shape index (κ2) is 6.60. The molecule has 3 nitrogen and oxygen atoms in total. The molecule has 0 unspecified atom stereocenters. The van der Waals surface area contributed by atoms with Crippen LogP contribution < -0.4 is 4.74 Å². The van der Waals surface area contributed by atoms with E-state index < -0.39 is 0 Å². The minimum absolute atomic E-state index is 0.137. The van der Waals surface area contributed by atoms with Crippen molar-refractivity contribution in [3.63, 3.8) is 0 Å². The van der Waals surface area contributed by atoms with Crippen molar-refractivity contribution in [2.75, 3.05) is 0 Å². The lowest BCUT2D eigenvalue weighted by molar-refractivity contribution is 0.0735. The van der Waals surface area contributed by atoms with Gasteiger partial charge in [0.05, 0.1) is 5.56 Å². The molecule has 0 aliphatic heterocycles. The number of ether oxygens (including phenoxy) is 1. The molecule has 128 valence electrons. The molecule has 2 aliphatic carbocycles. The van der Waals surface area contributed by atoms with E-state index in [0.717, 1.165) is 22.3 Å². The molecule has 0 heterocycles. The monoisotopic (exact) mass is 334 g/mol. The number of hydrogen-bond donors (Lipinski definition) is 1. The summed E-state index contributed by atoms with van der Waals surface area (Å²) in [5, 5.41) is 9.35. The molecule has 3 rings (SSSR count). The van der Waals surface area contributed by atoms with Gasteiger partial charge in [-0.3, -0.25) is 0 Å². The maximum atomic E-state index is 12.7. The van der Waals surface area contributed by atoms with Crippen molar-refractivity contribution < 1.29 is 14.6 Å². The Labute approximate surface area is 148 Å². The molecule has 1 aromatic rings. The SMILES string of the molecule is Cc1cc(C(=O)Oc2ccc(O)cc2)c2c(C)ccc(C(C)C)cc1-2. The molecule has 0 saturated carbocycles. The van der Waals surface area contributed by atoms with Crippen LogP contribution in [0, 0.1) is 13.8 Å². The summed E-state index contributed by atoms with van der Waals surface area (Å²) in [7, 11) is 0. The molecule has 1 N–H and O–H groups in total. The zero-order chi connectivity index (χ0) is 18.1. The van der Waals surface area contributed by atoms with E-state index in [4.69, 9.17) is 4.74 Å². The first-order chi connectivity index (χ1) is 11.9. The predicted molar refractivity (Wildman–Crippen MR) is 99.7 cm³/mol. The molecular weight excluding hydrogens is 312 g/mol. The fraction of sp³-hybridized carbons (Fsp3) is 0.227. The summed E-state index contributed by atoms with van der Waals surface area (Å²) < 4.78 is 5.49. The van der Waals surface area contributed by atoms with Gasteiger partial charge >= 0.3 is 5.97 Å². The van der Waals surface area contributed by atoms with E-state index in [9.17, 15) is 9.90 Å². The summed E-state index contributed by atoms with van der Waals surface area (Å²) in [5.74, 6) is 0.579. The molecule has 2 aliphatic rings. The van der Waals surface area contributed by atoms with Gasteiger partial charge in [0.15, 0.2) is 0 Å². The van der Waals surface area contributed by atoms with Crippen LogP contribution in [0.15, 0.2) is 48.5 Å². The van der Waals surface area contributed by atoms with E-state index in [0.29, 0.717) is 17.2 Å². The van der Waals surface area contributed by atoms with Crippen LogP contribution in [0.5, 0.6) is 11.5 Å². The second-order valence-electron chi connectivity index (χ2n) is 6.73. The van der Waals surface area contributed by atoms with Gasteiger partial charge in [0.25, 0.3) is 0 Å². The Morgan fingerprint density at radius 3 is 2.28 bits per heavy atom. The largest absolute Gasteiger partial charge is 0.508 e. The van der Waals surface area contributed by atoms with Crippen molar-refractivity contribution >= 4 is 5.97 Å². The third kappa shape index (κ3) is 3.36. The summed E-state index contributed by atoms with van der Waals surface area (Å²) >= 11 is 0. The average Bonchev–Trinajstić information content (AvgIpc) is 2.78. The number of carbonyl (C=O) groups excluding carboxylic acids is 1. The highest BCUT2D eigenvalue weighted by molar-refractivity contribution is 6.02. The fourth-order valence-electron chi connectivity index (χ4n) is 3.04. The quantitative estimate of drug-likeness (QED) is 0.511. The first kappa shape index (κ1) is 17.0. The molecule has 0 bridgehead atoms. The highest BCUT2D eigenvalue weighted by Gasteiger charge is 2.22. The number of benzene rings is 1. The van der Waals surface area contributed by atoms with Gasteiger partial charge in [0.1, 0.15) is 11.5 Å². The lowest BCUT2D eigenvalue weighted by Gasteiger charge is -2.07. The highest BCUT2D eigenvalue weighted by atomic mass is 16.5. The number of rotatable bonds is 3. The molecule has 0 fully saturated rings. The number of carbonyl (C=O) groups is 1. The van der Waals surface area contributed by atoms with E-state index in [-0.39, 0.29) is 11.7 Å². The van der Waals surface area contributed by atoms with Crippen LogP contribution in [0.4, 0.5) is 0 Å². The maximum absolute atomic E-state index is 12.7. The average molecular weight is 334 g/mol. The number of hydrogen-bond acceptors (Lipinski definition) is 3. The van der Waals surface area contributed by atoms with Crippen LogP contribution in [0.1, 0.15) is 46.8 Å². The molecule has 0 radical (unpaired) electrons. The maximum Gasteiger partial charge on any atom is 0.344 e. The molecule has 0 saturated heterocycles. The summed E-state index contributed by atoms with van der Waals surface area (Å²) in [6, 6.07) is 14.4. The Morgan fingerprint density at radius 1 is 0.960 bits per heavy atom. The van der Waals surface area contributed by atoms with Crippen LogP contribution in [0.2, 0.25) is 0 Å². The fourth-order valence-corrected chi connectivity index (χ4v) is 3.04. The Bertz CT molecular complexity index is 892. The summed E-state index contributed by atoms with van der Waals surface area (Å²) in [4.78, 5) is 12.7. The van der Waals surface area contributed by atoms with Gasteiger partial charge in [-0.25, -0.2) is 4.79 Å². The predicted octanol–water partition coefficient (Wildman–Crippen LogP) is 5.46. The van der Waals surface area contributed by atoms with Crippen LogP contribution >= 0.6 is 0 Å². The first-order valence-corrected chi connectivity index (χ1v) is 8.42. The molecule has 1 aromatic carbocycles. The molecule has 0 aromatic heterocycles. The van der Waals surface area contributed by atoms with E-state index >= 15 is 0 Å². The van der Waals surface area contributed by atoms with Gasteiger partial charge in [-0.2, -0.15) is 0 Å². The van der Waals surface area contributed by atoms with Gasteiger partial charge in [0.2, 0.25) is 0 Å². The van der Waals surface area contributed by atoms with Crippen LogP contribution in [0.25, 0.3) is 11.1 Å². The number of fused-ring (bicyclic) bond motifs is 1. The van der Waals surface area contributed by atoms with E-state index in [1.165, 1.54) is 17.7 Å². The lowest BCUT2D eigenvalue weighted by atomic mass is 10.0.